The van der Waals surface area contributed by atoms with Crippen molar-refractivity contribution in [2.24, 2.45) is 5.92 Å². The van der Waals surface area contributed by atoms with E-state index in [1.807, 2.05) is 0 Å². The lowest BCUT2D eigenvalue weighted by atomic mass is 9.94. The average molecular weight is 284 g/mol. The number of ether oxygens (including phenoxy) is 1. The van der Waals surface area contributed by atoms with Crippen molar-refractivity contribution < 1.29 is 9.84 Å². The molecule has 2 heterocycles. The van der Waals surface area contributed by atoms with Gasteiger partial charge in [-0.3, -0.25) is 0 Å². The van der Waals surface area contributed by atoms with E-state index >= 15 is 0 Å². The highest BCUT2D eigenvalue weighted by atomic mass is 16.5. The van der Waals surface area contributed by atoms with Crippen LogP contribution in [0.3, 0.4) is 0 Å². The molecule has 0 aromatic rings. The maximum atomic E-state index is 9.87. The Bertz CT molecular complexity index is 275. The van der Waals surface area contributed by atoms with Crippen LogP contribution < -0.4 is 0 Å². The summed E-state index contributed by atoms with van der Waals surface area (Å²) in [7, 11) is 1.65. The molecule has 0 bridgehead atoms. The topological polar surface area (TPSA) is 35.9 Å². The molecule has 0 aliphatic carbocycles. The van der Waals surface area contributed by atoms with Crippen LogP contribution in [-0.4, -0.2) is 73.5 Å². The number of piperidine rings is 2. The Morgan fingerprint density at radius 1 is 1.20 bits per heavy atom. The van der Waals surface area contributed by atoms with Crippen LogP contribution in [0.25, 0.3) is 0 Å². The highest BCUT2D eigenvalue weighted by Gasteiger charge is 2.26. The van der Waals surface area contributed by atoms with Gasteiger partial charge < -0.3 is 19.6 Å². The summed E-state index contributed by atoms with van der Waals surface area (Å²) in [5.41, 5.74) is 0. The molecule has 0 unspecified atom stereocenters. The van der Waals surface area contributed by atoms with Gasteiger partial charge in [0.15, 0.2) is 0 Å². The molecule has 3 atom stereocenters. The number of aliphatic hydroxyl groups excluding tert-OH is 1. The number of aliphatic hydroxyl groups is 1. The van der Waals surface area contributed by atoms with Crippen molar-refractivity contribution in [1.29, 1.82) is 0 Å². The third-order valence-corrected chi connectivity index (χ3v) is 4.86. The fourth-order valence-electron chi connectivity index (χ4n) is 3.77. The van der Waals surface area contributed by atoms with Gasteiger partial charge in [0, 0.05) is 32.8 Å². The summed E-state index contributed by atoms with van der Waals surface area (Å²) in [5.74, 6) is 0.777. The minimum absolute atomic E-state index is 0.340. The Morgan fingerprint density at radius 2 is 2.05 bits per heavy atom. The highest BCUT2D eigenvalue weighted by molar-refractivity contribution is 4.81. The largest absolute Gasteiger partial charge is 0.389 e. The monoisotopic (exact) mass is 284 g/mol. The van der Waals surface area contributed by atoms with E-state index in [2.05, 4.69) is 16.7 Å². The zero-order valence-corrected chi connectivity index (χ0v) is 13.3. The second kappa shape index (κ2) is 8.32. The molecule has 0 spiro atoms. The lowest BCUT2D eigenvalue weighted by molar-refractivity contribution is 0.0211. The first-order valence-electron chi connectivity index (χ1n) is 8.32. The summed E-state index contributed by atoms with van der Waals surface area (Å²) in [6, 6.07) is 0.762. The number of hydrogen-bond donors (Lipinski definition) is 1. The van der Waals surface area contributed by atoms with Crippen molar-refractivity contribution in [3.05, 3.63) is 0 Å². The Labute approximate surface area is 124 Å². The van der Waals surface area contributed by atoms with Gasteiger partial charge in [-0.25, -0.2) is 0 Å². The third-order valence-electron chi connectivity index (χ3n) is 4.86. The van der Waals surface area contributed by atoms with Crippen molar-refractivity contribution in [3.63, 3.8) is 0 Å². The predicted octanol–water partition coefficient (Wildman–Crippen LogP) is 1.58. The van der Waals surface area contributed by atoms with E-state index in [-0.39, 0.29) is 6.10 Å². The van der Waals surface area contributed by atoms with Crippen LogP contribution in [0.2, 0.25) is 0 Å². The molecule has 1 N–H and O–H groups in total. The molecule has 2 saturated heterocycles. The summed E-state index contributed by atoms with van der Waals surface area (Å²) in [6.45, 7) is 8.39. The average Bonchev–Trinajstić information content (AvgIpc) is 2.42. The van der Waals surface area contributed by atoms with Crippen molar-refractivity contribution in [2.45, 2.75) is 51.2 Å². The number of β-amino-alcohol motifs (C(OH)–C–C–N with tert-alkyl or cyclic N) is 1. The van der Waals surface area contributed by atoms with Gasteiger partial charge in [0.1, 0.15) is 0 Å². The van der Waals surface area contributed by atoms with Gasteiger partial charge >= 0.3 is 0 Å². The summed E-state index contributed by atoms with van der Waals surface area (Å²) in [4.78, 5) is 5.11. The van der Waals surface area contributed by atoms with Crippen LogP contribution in [0.5, 0.6) is 0 Å². The van der Waals surface area contributed by atoms with E-state index in [0.29, 0.717) is 6.61 Å². The number of rotatable bonds is 6. The molecule has 2 rings (SSSR count). The first-order valence-corrected chi connectivity index (χ1v) is 8.32. The van der Waals surface area contributed by atoms with Crippen LogP contribution >= 0.6 is 0 Å². The van der Waals surface area contributed by atoms with Crippen molar-refractivity contribution >= 4 is 0 Å². The Hall–Kier alpha value is -0.160. The molecule has 0 aromatic heterocycles. The van der Waals surface area contributed by atoms with Gasteiger partial charge in [-0.2, -0.15) is 0 Å². The van der Waals surface area contributed by atoms with Gasteiger partial charge in [-0.1, -0.05) is 6.42 Å². The van der Waals surface area contributed by atoms with E-state index in [9.17, 15) is 5.11 Å². The highest BCUT2D eigenvalue weighted by Crippen LogP contribution is 2.22. The van der Waals surface area contributed by atoms with Crippen molar-refractivity contribution in [1.82, 2.24) is 9.80 Å². The Morgan fingerprint density at radius 3 is 2.80 bits per heavy atom. The maximum absolute atomic E-state index is 9.87. The summed E-state index contributed by atoms with van der Waals surface area (Å²) in [6.07, 6.45) is 6.41. The van der Waals surface area contributed by atoms with Crippen LogP contribution in [0.15, 0.2) is 0 Å². The number of methoxy groups -OCH3 is 1. The molecule has 0 amide bonds. The van der Waals surface area contributed by atoms with Crippen molar-refractivity contribution in [3.8, 4) is 0 Å². The van der Waals surface area contributed by atoms with Crippen LogP contribution in [-0.2, 0) is 4.74 Å². The van der Waals surface area contributed by atoms with Crippen molar-refractivity contribution in [2.75, 3.05) is 46.4 Å². The minimum atomic E-state index is -0.340. The minimum Gasteiger partial charge on any atom is -0.389 e. The van der Waals surface area contributed by atoms with E-state index in [4.69, 9.17) is 4.74 Å². The fourth-order valence-corrected chi connectivity index (χ4v) is 3.77. The first kappa shape index (κ1) is 16.2. The number of nitrogens with zero attached hydrogens (tertiary/aromatic N) is 2. The smallest absolute Gasteiger partial charge is 0.0900 e. The predicted molar refractivity (Wildman–Crippen MR) is 81.9 cm³/mol. The van der Waals surface area contributed by atoms with E-state index in [1.165, 1.54) is 45.2 Å². The molecule has 4 heteroatoms. The summed E-state index contributed by atoms with van der Waals surface area (Å²) in [5, 5.41) is 9.87. The van der Waals surface area contributed by atoms with Crippen LogP contribution in [0, 0.1) is 5.92 Å². The Balaban J connectivity index is 1.75. The summed E-state index contributed by atoms with van der Waals surface area (Å²) >= 11 is 0. The van der Waals surface area contributed by atoms with Gasteiger partial charge in [0.05, 0.1) is 12.7 Å². The van der Waals surface area contributed by atoms with Gasteiger partial charge in [0.25, 0.3) is 0 Å². The molecule has 4 nitrogen and oxygen atoms in total. The van der Waals surface area contributed by atoms with E-state index in [0.717, 1.165) is 31.6 Å². The molecule has 0 aromatic carbocycles. The molecule has 0 saturated carbocycles. The van der Waals surface area contributed by atoms with E-state index < -0.39 is 0 Å². The normalized spacial score (nSPS) is 31.4. The molecule has 20 heavy (non-hydrogen) atoms. The SMILES string of the molecule is COC[C@H](O)CN1CCC[C@@H](CN2CCCC[C@H]2C)C1. The molecule has 2 aliphatic heterocycles. The standard InChI is InChI=1S/C16H32N2O2/c1-14-6-3-4-9-18(14)11-15-7-5-8-17(10-15)12-16(19)13-20-2/h14-16,19H,3-13H2,1-2H3/t14-,15-,16-/m1/s1. The molecule has 118 valence electrons. The second-order valence-electron chi connectivity index (χ2n) is 6.72. The molecular weight excluding hydrogens is 252 g/mol. The first-order chi connectivity index (χ1) is 9.69. The van der Waals surface area contributed by atoms with E-state index in [1.54, 1.807) is 7.11 Å². The third kappa shape index (κ3) is 4.99. The molecule has 2 fully saturated rings. The molecular formula is C16H32N2O2. The molecule has 0 radical (unpaired) electrons. The molecule has 2 aliphatic rings. The van der Waals surface area contributed by atoms with Crippen LogP contribution in [0.1, 0.15) is 39.0 Å². The Kier molecular flexibility index (Phi) is 6.75. The zero-order chi connectivity index (χ0) is 14.4. The number of hydrogen-bond acceptors (Lipinski definition) is 4. The van der Waals surface area contributed by atoms with Gasteiger partial charge in [0.2, 0.25) is 0 Å². The fraction of sp³-hybridized carbons (Fsp3) is 1.00. The second-order valence-corrected chi connectivity index (χ2v) is 6.72. The van der Waals surface area contributed by atoms with Crippen LogP contribution in [0.4, 0.5) is 0 Å². The zero-order valence-electron chi connectivity index (χ0n) is 13.3. The van der Waals surface area contributed by atoms with Gasteiger partial charge in [-0.05, 0) is 51.6 Å². The quantitative estimate of drug-likeness (QED) is 0.803. The van der Waals surface area contributed by atoms with Gasteiger partial charge in [-0.15, -0.1) is 0 Å². The maximum Gasteiger partial charge on any atom is 0.0900 e. The number of likely N-dealkylation sites (tertiary alicyclic amines) is 2. The summed E-state index contributed by atoms with van der Waals surface area (Å²) < 4.78 is 5.02. The lowest BCUT2D eigenvalue weighted by Gasteiger charge is -2.40. The lowest BCUT2D eigenvalue weighted by Crippen LogP contribution is -2.47.